The van der Waals surface area contributed by atoms with E-state index in [-0.39, 0.29) is 24.5 Å². The van der Waals surface area contributed by atoms with Gasteiger partial charge in [0.25, 0.3) is 0 Å². The average molecular weight is 353 g/mol. The number of hydrogen-bond donors (Lipinski definition) is 0. The molecule has 1 atom stereocenters. The van der Waals surface area contributed by atoms with Gasteiger partial charge >= 0.3 is 0 Å². The van der Waals surface area contributed by atoms with Gasteiger partial charge in [0.15, 0.2) is 9.84 Å². The predicted octanol–water partition coefficient (Wildman–Crippen LogP) is 1.55. The molecule has 0 N–H and O–H groups in total. The van der Waals surface area contributed by atoms with E-state index in [9.17, 15) is 25.6 Å². The molecule has 0 radical (unpaired) electrons. The van der Waals surface area contributed by atoms with Gasteiger partial charge < -0.3 is 0 Å². The first-order chi connectivity index (χ1) is 10.2. The van der Waals surface area contributed by atoms with Crippen LogP contribution < -0.4 is 0 Å². The van der Waals surface area contributed by atoms with Crippen molar-refractivity contribution < 1.29 is 25.6 Å². The first kappa shape index (κ1) is 17.3. The van der Waals surface area contributed by atoms with E-state index in [0.29, 0.717) is 12.5 Å². The molecule has 9 heteroatoms. The van der Waals surface area contributed by atoms with E-state index in [0.717, 1.165) is 16.4 Å². The van der Waals surface area contributed by atoms with Crippen LogP contribution in [-0.4, -0.2) is 45.2 Å². The Balaban J connectivity index is 2.45. The molecule has 22 heavy (non-hydrogen) atoms. The lowest BCUT2D eigenvalue weighted by atomic mass is 10.2. The van der Waals surface area contributed by atoms with Crippen LogP contribution in [0, 0.1) is 11.6 Å². The fourth-order valence-corrected chi connectivity index (χ4v) is 6.17. The molecule has 5 nitrogen and oxygen atoms in total. The van der Waals surface area contributed by atoms with Gasteiger partial charge in [0.1, 0.15) is 16.5 Å². The van der Waals surface area contributed by atoms with E-state index in [1.54, 1.807) is 6.92 Å². The molecule has 1 aromatic carbocycles. The zero-order valence-corrected chi connectivity index (χ0v) is 13.6. The van der Waals surface area contributed by atoms with Gasteiger partial charge in [-0.05, 0) is 31.0 Å². The minimum Gasteiger partial charge on any atom is -0.229 e. The molecule has 1 fully saturated rings. The largest absolute Gasteiger partial charge is 0.246 e. The highest BCUT2D eigenvalue weighted by atomic mass is 32.2. The summed E-state index contributed by atoms with van der Waals surface area (Å²) in [6, 6.07) is 1.46. The summed E-state index contributed by atoms with van der Waals surface area (Å²) < 4.78 is 76.5. The zero-order chi connectivity index (χ0) is 16.5. The molecule has 1 saturated heterocycles. The predicted molar refractivity (Wildman–Crippen MR) is 77.6 cm³/mol. The molecule has 124 valence electrons. The van der Waals surface area contributed by atoms with Gasteiger partial charge in [-0.3, -0.25) is 0 Å². The van der Waals surface area contributed by atoms with Gasteiger partial charge in [-0.1, -0.05) is 6.92 Å². The zero-order valence-electron chi connectivity index (χ0n) is 12.0. The van der Waals surface area contributed by atoms with Crippen molar-refractivity contribution in [2.24, 2.45) is 0 Å². The van der Waals surface area contributed by atoms with E-state index < -0.39 is 42.4 Å². The second-order valence-electron chi connectivity index (χ2n) is 5.25. The van der Waals surface area contributed by atoms with Crippen LogP contribution in [0.2, 0.25) is 0 Å². The Kier molecular flexibility index (Phi) is 4.88. The van der Waals surface area contributed by atoms with Crippen LogP contribution in [0.25, 0.3) is 0 Å². The van der Waals surface area contributed by atoms with Crippen molar-refractivity contribution in [2.75, 3.05) is 18.1 Å². The minimum absolute atomic E-state index is 0.0540. The number of benzene rings is 1. The smallest absolute Gasteiger partial charge is 0.229 e. The topological polar surface area (TPSA) is 71.5 Å². The van der Waals surface area contributed by atoms with Crippen LogP contribution in [0.3, 0.4) is 0 Å². The second kappa shape index (κ2) is 6.21. The van der Waals surface area contributed by atoms with E-state index in [1.807, 2.05) is 0 Å². The molecule has 1 aliphatic rings. The number of nitrogens with zero attached hydrogens (tertiary/aromatic N) is 1. The molecule has 0 amide bonds. The van der Waals surface area contributed by atoms with Crippen LogP contribution in [0.4, 0.5) is 8.78 Å². The van der Waals surface area contributed by atoms with Crippen LogP contribution >= 0.6 is 0 Å². The van der Waals surface area contributed by atoms with Crippen molar-refractivity contribution in [1.82, 2.24) is 4.31 Å². The highest BCUT2D eigenvalue weighted by Crippen LogP contribution is 2.27. The van der Waals surface area contributed by atoms with Crippen molar-refractivity contribution in [2.45, 2.75) is 30.7 Å². The van der Waals surface area contributed by atoms with E-state index in [4.69, 9.17) is 0 Å². The van der Waals surface area contributed by atoms with E-state index >= 15 is 0 Å². The summed E-state index contributed by atoms with van der Waals surface area (Å²) in [4.78, 5) is -0.759. The maximum atomic E-state index is 13.8. The SMILES string of the molecule is CCCN(C1CCS(=O)(=O)C1)S(=O)(=O)c1cc(F)ccc1F. The Labute approximate surface area is 128 Å². The number of hydrogen-bond acceptors (Lipinski definition) is 4. The molecule has 1 aromatic rings. The molecule has 0 aromatic heterocycles. The fraction of sp³-hybridized carbons (Fsp3) is 0.538. The molecule has 1 unspecified atom stereocenters. The Morgan fingerprint density at radius 1 is 1.32 bits per heavy atom. The average Bonchev–Trinajstić information content (AvgIpc) is 2.78. The highest BCUT2D eigenvalue weighted by molar-refractivity contribution is 7.92. The molecule has 2 rings (SSSR count). The molecule has 1 heterocycles. The summed E-state index contributed by atoms with van der Waals surface area (Å²) in [6.07, 6.45) is 0.602. The lowest BCUT2D eigenvalue weighted by Crippen LogP contribution is -2.41. The van der Waals surface area contributed by atoms with Crippen molar-refractivity contribution in [1.29, 1.82) is 0 Å². The molecular formula is C13H17F2NO4S2. The van der Waals surface area contributed by atoms with Crippen molar-refractivity contribution in [3.8, 4) is 0 Å². The minimum atomic E-state index is -4.30. The Morgan fingerprint density at radius 2 is 2.00 bits per heavy atom. The van der Waals surface area contributed by atoms with Gasteiger partial charge in [0.05, 0.1) is 11.5 Å². The lowest BCUT2D eigenvalue weighted by molar-refractivity contribution is 0.338. The standard InChI is InChI=1S/C13H17F2NO4S2/c1-2-6-16(11-5-7-21(17,18)9-11)22(19,20)13-8-10(14)3-4-12(13)15/h3-4,8,11H,2,5-7,9H2,1H3. The maximum absolute atomic E-state index is 13.8. The Bertz CT molecular complexity index is 762. The summed E-state index contributed by atoms with van der Waals surface area (Å²) in [5, 5.41) is 0. The number of rotatable bonds is 5. The summed E-state index contributed by atoms with van der Waals surface area (Å²) in [5.74, 6) is -2.30. The second-order valence-corrected chi connectivity index (χ2v) is 9.34. The third-order valence-electron chi connectivity index (χ3n) is 3.54. The molecular weight excluding hydrogens is 336 g/mol. The van der Waals surface area contributed by atoms with Gasteiger partial charge in [-0.15, -0.1) is 0 Å². The lowest BCUT2D eigenvalue weighted by Gasteiger charge is -2.27. The molecule has 0 aliphatic carbocycles. The Hall–Kier alpha value is -1.06. The third kappa shape index (κ3) is 3.47. The summed E-state index contributed by atoms with van der Waals surface area (Å²) in [7, 11) is -7.59. The number of sulfone groups is 1. The van der Waals surface area contributed by atoms with Gasteiger partial charge in [0, 0.05) is 12.6 Å². The normalized spacial score (nSPS) is 21.4. The molecule has 0 saturated carbocycles. The molecule has 0 spiro atoms. The van der Waals surface area contributed by atoms with Crippen LogP contribution in [-0.2, 0) is 19.9 Å². The van der Waals surface area contributed by atoms with Crippen LogP contribution in [0.1, 0.15) is 19.8 Å². The highest BCUT2D eigenvalue weighted by Gasteiger charge is 2.39. The third-order valence-corrected chi connectivity index (χ3v) is 7.26. The van der Waals surface area contributed by atoms with E-state index in [1.165, 1.54) is 0 Å². The summed E-state index contributed by atoms with van der Waals surface area (Å²) in [6.45, 7) is 1.78. The molecule has 1 aliphatic heterocycles. The van der Waals surface area contributed by atoms with Gasteiger partial charge in [-0.2, -0.15) is 4.31 Å². The number of halogens is 2. The first-order valence-corrected chi connectivity index (χ1v) is 10.1. The van der Waals surface area contributed by atoms with Gasteiger partial charge in [0.2, 0.25) is 10.0 Å². The van der Waals surface area contributed by atoms with E-state index in [2.05, 4.69) is 0 Å². The number of sulfonamides is 1. The molecule has 0 bridgehead atoms. The van der Waals surface area contributed by atoms with Gasteiger partial charge in [-0.25, -0.2) is 25.6 Å². The summed E-state index contributed by atoms with van der Waals surface area (Å²) in [5.41, 5.74) is 0. The van der Waals surface area contributed by atoms with Crippen molar-refractivity contribution >= 4 is 19.9 Å². The monoisotopic (exact) mass is 353 g/mol. The Morgan fingerprint density at radius 3 is 2.55 bits per heavy atom. The summed E-state index contributed by atoms with van der Waals surface area (Å²) >= 11 is 0. The van der Waals surface area contributed by atoms with Crippen molar-refractivity contribution in [3.63, 3.8) is 0 Å². The van der Waals surface area contributed by atoms with Crippen LogP contribution in [0.5, 0.6) is 0 Å². The maximum Gasteiger partial charge on any atom is 0.246 e. The fourth-order valence-electron chi connectivity index (χ4n) is 2.52. The quantitative estimate of drug-likeness (QED) is 0.805. The van der Waals surface area contributed by atoms with Crippen LogP contribution in [0.15, 0.2) is 23.1 Å². The first-order valence-electron chi connectivity index (χ1n) is 6.84. The van der Waals surface area contributed by atoms with Crippen molar-refractivity contribution in [3.05, 3.63) is 29.8 Å².